The molecule has 0 fully saturated rings. The van der Waals surface area contributed by atoms with Gasteiger partial charge in [0.15, 0.2) is 11.6 Å². The van der Waals surface area contributed by atoms with Crippen LogP contribution in [0, 0.1) is 0 Å². The van der Waals surface area contributed by atoms with Crippen LogP contribution in [-0.2, 0) is 0 Å². The molecule has 0 amide bonds. The van der Waals surface area contributed by atoms with Crippen molar-refractivity contribution in [2.45, 2.75) is 0 Å². The Morgan fingerprint density at radius 3 is 1.02 bits per heavy atom. The first-order valence-corrected chi connectivity index (χ1v) is 21.6. The molecule has 0 radical (unpaired) electrons. The minimum absolute atomic E-state index is 0.753. The Morgan fingerprint density at radius 2 is 0.609 bits per heavy atom. The van der Waals surface area contributed by atoms with Crippen molar-refractivity contribution in [3.8, 4) is 56.4 Å². The fourth-order valence-electron chi connectivity index (χ4n) is 9.54. The highest BCUT2D eigenvalue weighted by atomic mass is 15.1. The molecule has 64 heavy (non-hydrogen) atoms. The average Bonchev–Trinajstić information content (AvgIpc) is 3.89. The molecule has 4 heterocycles. The van der Waals surface area contributed by atoms with E-state index < -0.39 is 0 Å². The number of nitrogens with zero attached hydrogens (tertiary/aromatic N) is 6. The maximum absolute atomic E-state index is 5.59. The Bertz CT molecular complexity index is 3670. The lowest BCUT2D eigenvalue weighted by molar-refractivity contribution is 1.06. The summed E-state index contributed by atoms with van der Waals surface area (Å²) in [4.78, 5) is 22.2. The quantitative estimate of drug-likeness (QED) is 0.168. The average molecular weight is 817 g/mol. The third kappa shape index (κ3) is 5.66. The van der Waals surface area contributed by atoms with Gasteiger partial charge in [0.1, 0.15) is 11.4 Å². The highest BCUT2D eigenvalue weighted by molar-refractivity contribution is 6.24. The van der Waals surface area contributed by atoms with E-state index in [1.54, 1.807) is 0 Å². The molecule has 0 spiro atoms. The number of hydrogen-bond donors (Lipinski definition) is 0. The Hall–Kier alpha value is -8.74. The molecule has 0 N–H and O–H groups in total. The van der Waals surface area contributed by atoms with Crippen LogP contribution in [0.15, 0.2) is 218 Å². The van der Waals surface area contributed by atoms with Gasteiger partial charge in [0.2, 0.25) is 0 Å². The summed E-state index contributed by atoms with van der Waals surface area (Å²) in [7, 11) is 0. The summed E-state index contributed by atoms with van der Waals surface area (Å²) in [6.45, 7) is 0. The van der Waals surface area contributed by atoms with E-state index in [0.717, 1.165) is 122 Å². The van der Waals surface area contributed by atoms with Crippen molar-refractivity contribution >= 4 is 65.7 Å². The summed E-state index contributed by atoms with van der Waals surface area (Å²) in [5.41, 5.74) is 15.4. The lowest BCUT2D eigenvalue weighted by Gasteiger charge is -2.17. The standard InChI is InChI=1S/C58H36N6/c1-5-17-37(18-6-1)41-29-33-47-49(35-41)59-53(39-21-9-3-10-22-39)57(61-47)63-51-27-15-13-25-43(51)45-31-32-46-44-26-14-16-28-52(44)64(56(46)55(45)63)58-54(40-23-11-4-12-24-40)60-50-36-42(30-34-48(50)62-58)38-19-7-2-8-20-38/h1-36H. The van der Waals surface area contributed by atoms with Crippen molar-refractivity contribution in [1.82, 2.24) is 29.1 Å². The van der Waals surface area contributed by atoms with Gasteiger partial charge in [0, 0.05) is 32.7 Å². The zero-order chi connectivity index (χ0) is 42.1. The van der Waals surface area contributed by atoms with Crippen LogP contribution in [0.5, 0.6) is 0 Å². The molecule has 0 saturated carbocycles. The first-order chi connectivity index (χ1) is 31.7. The predicted molar refractivity (Wildman–Crippen MR) is 263 cm³/mol. The third-order valence-electron chi connectivity index (χ3n) is 12.5. The van der Waals surface area contributed by atoms with Crippen LogP contribution in [0.3, 0.4) is 0 Å². The van der Waals surface area contributed by atoms with Crippen molar-refractivity contribution in [3.05, 3.63) is 218 Å². The van der Waals surface area contributed by atoms with Crippen LogP contribution in [0.2, 0.25) is 0 Å². The molecule has 13 rings (SSSR count). The fourth-order valence-corrected chi connectivity index (χ4v) is 9.54. The lowest BCUT2D eigenvalue weighted by Crippen LogP contribution is -2.07. The molecule has 0 aliphatic heterocycles. The summed E-state index contributed by atoms with van der Waals surface area (Å²) < 4.78 is 4.68. The summed E-state index contributed by atoms with van der Waals surface area (Å²) in [5, 5.41) is 4.46. The Balaban J connectivity index is 1.17. The maximum Gasteiger partial charge on any atom is 0.165 e. The molecule has 0 bridgehead atoms. The van der Waals surface area contributed by atoms with Gasteiger partial charge in [0.05, 0.1) is 44.1 Å². The van der Waals surface area contributed by atoms with Crippen molar-refractivity contribution < 1.29 is 0 Å². The van der Waals surface area contributed by atoms with Crippen molar-refractivity contribution in [2.75, 3.05) is 0 Å². The molecule has 6 heteroatoms. The van der Waals surface area contributed by atoms with Crippen molar-refractivity contribution in [1.29, 1.82) is 0 Å². The Kier molecular flexibility index (Phi) is 8.11. The van der Waals surface area contributed by atoms with E-state index in [1.807, 2.05) is 24.3 Å². The van der Waals surface area contributed by atoms with Gasteiger partial charge in [0.25, 0.3) is 0 Å². The predicted octanol–water partition coefficient (Wildman–Crippen LogP) is 14.4. The topological polar surface area (TPSA) is 61.4 Å². The number of fused-ring (bicyclic) bond motifs is 9. The molecule has 13 aromatic rings. The second-order valence-electron chi connectivity index (χ2n) is 16.2. The van der Waals surface area contributed by atoms with Crippen LogP contribution >= 0.6 is 0 Å². The second-order valence-corrected chi connectivity index (χ2v) is 16.2. The second kappa shape index (κ2) is 14.4. The SMILES string of the molecule is c1ccc(-c2ccc3nc(-n4c5ccccc5c5ccc6c7ccccc7n(-c7nc8ccc(-c9ccccc9)cc8nc7-c7ccccc7)c6c54)c(-c4ccccc4)nc3c2)cc1. The van der Waals surface area contributed by atoms with Gasteiger partial charge in [-0.1, -0.05) is 182 Å². The number of rotatable bonds is 6. The monoisotopic (exact) mass is 816 g/mol. The summed E-state index contributed by atoms with van der Waals surface area (Å²) in [5.74, 6) is 1.51. The summed E-state index contributed by atoms with van der Waals surface area (Å²) in [6.07, 6.45) is 0. The van der Waals surface area contributed by atoms with Gasteiger partial charge in [-0.15, -0.1) is 0 Å². The van der Waals surface area contributed by atoms with E-state index in [9.17, 15) is 0 Å². The first kappa shape index (κ1) is 36.0. The van der Waals surface area contributed by atoms with Gasteiger partial charge in [-0.05, 0) is 58.7 Å². The van der Waals surface area contributed by atoms with E-state index >= 15 is 0 Å². The van der Waals surface area contributed by atoms with Crippen molar-refractivity contribution in [2.24, 2.45) is 0 Å². The molecule has 0 unspecified atom stereocenters. The zero-order valence-electron chi connectivity index (χ0n) is 34.5. The number of para-hydroxylation sites is 2. The molecular formula is C58H36N6. The first-order valence-electron chi connectivity index (χ1n) is 21.6. The maximum atomic E-state index is 5.59. The summed E-state index contributed by atoms with van der Waals surface area (Å²) >= 11 is 0. The zero-order valence-corrected chi connectivity index (χ0v) is 34.5. The van der Waals surface area contributed by atoms with Gasteiger partial charge in [-0.25, -0.2) is 19.9 Å². The van der Waals surface area contributed by atoms with E-state index in [2.05, 4.69) is 203 Å². The summed E-state index contributed by atoms with van der Waals surface area (Å²) in [6, 6.07) is 76.4. The minimum Gasteiger partial charge on any atom is -0.290 e. The minimum atomic E-state index is 0.753. The van der Waals surface area contributed by atoms with Gasteiger partial charge in [-0.2, -0.15) is 0 Å². The molecule has 0 atom stereocenters. The Labute approximate surface area is 368 Å². The lowest BCUT2D eigenvalue weighted by atomic mass is 10.0. The van der Waals surface area contributed by atoms with E-state index in [-0.39, 0.29) is 0 Å². The van der Waals surface area contributed by atoms with E-state index in [4.69, 9.17) is 19.9 Å². The molecule has 9 aromatic carbocycles. The Morgan fingerprint density at radius 1 is 0.250 bits per heavy atom. The number of aromatic nitrogens is 6. The molecule has 0 aliphatic rings. The third-order valence-corrected chi connectivity index (χ3v) is 12.5. The molecule has 0 saturated heterocycles. The highest BCUT2D eigenvalue weighted by Gasteiger charge is 2.26. The molecule has 4 aromatic heterocycles. The number of benzene rings is 9. The van der Waals surface area contributed by atoms with E-state index in [0.29, 0.717) is 0 Å². The van der Waals surface area contributed by atoms with Crippen LogP contribution in [0.25, 0.3) is 122 Å². The van der Waals surface area contributed by atoms with Gasteiger partial charge >= 0.3 is 0 Å². The van der Waals surface area contributed by atoms with Crippen LogP contribution < -0.4 is 0 Å². The van der Waals surface area contributed by atoms with E-state index in [1.165, 1.54) is 0 Å². The molecule has 0 aliphatic carbocycles. The van der Waals surface area contributed by atoms with Crippen molar-refractivity contribution in [3.63, 3.8) is 0 Å². The fraction of sp³-hybridized carbons (Fsp3) is 0. The smallest absolute Gasteiger partial charge is 0.165 e. The normalized spacial score (nSPS) is 11.8. The largest absolute Gasteiger partial charge is 0.290 e. The van der Waals surface area contributed by atoms with Gasteiger partial charge < -0.3 is 0 Å². The molecule has 298 valence electrons. The van der Waals surface area contributed by atoms with Gasteiger partial charge in [-0.3, -0.25) is 9.13 Å². The molecular weight excluding hydrogens is 781 g/mol. The molecule has 6 nitrogen and oxygen atoms in total. The van der Waals surface area contributed by atoms with Crippen LogP contribution in [-0.4, -0.2) is 29.1 Å². The van der Waals surface area contributed by atoms with Crippen LogP contribution in [0.1, 0.15) is 0 Å². The number of hydrogen-bond acceptors (Lipinski definition) is 4. The highest BCUT2D eigenvalue weighted by Crippen LogP contribution is 2.44. The van der Waals surface area contributed by atoms with Crippen LogP contribution in [0.4, 0.5) is 0 Å².